The maximum Gasteiger partial charge on any atom is 0.119 e. The Hall–Kier alpha value is -1.02. The predicted octanol–water partition coefficient (Wildman–Crippen LogP) is 3.94. The van der Waals surface area contributed by atoms with Crippen LogP contribution in [0.5, 0.6) is 5.75 Å². The van der Waals surface area contributed by atoms with Crippen molar-refractivity contribution >= 4 is 0 Å². The third kappa shape index (κ3) is 4.87. The minimum Gasteiger partial charge on any atom is -0.490 e. The van der Waals surface area contributed by atoms with Crippen molar-refractivity contribution in [2.75, 3.05) is 6.54 Å². The second-order valence-corrected chi connectivity index (χ2v) is 5.68. The number of likely N-dealkylation sites (N-methyl/N-ethyl adjacent to an activating group) is 1. The van der Waals surface area contributed by atoms with Gasteiger partial charge in [0.2, 0.25) is 0 Å². The van der Waals surface area contributed by atoms with Crippen LogP contribution in [-0.4, -0.2) is 18.7 Å². The van der Waals surface area contributed by atoms with Crippen molar-refractivity contribution in [1.82, 2.24) is 5.32 Å². The van der Waals surface area contributed by atoms with Gasteiger partial charge in [-0.25, -0.2) is 0 Å². The van der Waals surface area contributed by atoms with Crippen LogP contribution in [0.2, 0.25) is 0 Å². The van der Waals surface area contributed by atoms with Crippen molar-refractivity contribution in [2.45, 2.75) is 64.5 Å². The highest BCUT2D eigenvalue weighted by atomic mass is 16.5. The Morgan fingerprint density at radius 1 is 1.16 bits per heavy atom. The summed E-state index contributed by atoms with van der Waals surface area (Å²) < 4.78 is 6.05. The van der Waals surface area contributed by atoms with Crippen LogP contribution in [-0.2, 0) is 6.42 Å². The third-order valence-corrected chi connectivity index (χ3v) is 3.87. The molecule has 1 fully saturated rings. The van der Waals surface area contributed by atoms with Crippen LogP contribution in [0.3, 0.4) is 0 Å². The van der Waals surface area contributed by atoms with Gasteiger partial charge in [-0.2, -0.15) is 0 Å². The number of hydrogen-bond acceptors (Lipinski definition) is 2. The van der Waals surface area contributed by atoms with E-state index in [9.17, 15) is 0 Å². The van der Waals surface area contributed by atoms with E-state index in [2.05, 4.69) is 43.4 Å². The Morgan fingerprint density at radius 3 is 2.47 bits per heavy atom. The van der Waals surface area contributed by atoms with Crippen LogP contribution < -0.4 is 10.1 Å². The van der Waals surface area contributed by atoms with Gasteiger partial charge in [0.1, 0.15) is 5.75 Å². The predicted molar refractivity (Wildman–Crippen MR) is 80.8 cm³/mol. The highest BCUT2D eigenvalue weighted by Gasteiger charge is 2.14. The number of nitrogens with one attached hydrogen (secondary N) is 1. The van der Waals surface area contributed by atoms with E-state index < -0.39 is 0 Å². The monoisotopic (exact) mass is 261 g/mol. The standard InChI is InChI=1S/C17H27NO/c1-3-18-14(2)13-15-9-11-17(12-10-15)19-16-7-5-4-6-8-16/h9-12,14,16,18H,3-8,13H2,1-2H3. The van der Waals surface area contributed by atoms with E-state index in [1.54, 1.807) is 0 Å². The van der Waals surface area contributed by atoms with Crippen LogP contribution in [0.4, 0.5) is 0 Å². The van der Waals surface area contributed by atoms with Gasteiger partial charge in [0, 0.05) is 6.04 Å². The molecule has 2 nitrogen and oxygen atoms in total. The van der Waals surface area contributed by atoms with Gasteiger partial charge in [0.25, 0.3) is 0 Å². The molecule has 0 radical (unpaired) electrons. The van der Waals surface area contributed by atoms with E-state index in [1.807, 2.05) is 0 Å². The van der Waals surface area contributed by atoms with Gasteiger partial charge in [-0.05, 0) is 63.3 Å². The third-order valence-electron chi connectivity index (χ3n) is 3.87. The molecule has 106 valence electrons. The average Bonchev–Trinajstić information content (AvgIpc) is 2.42. The van der Waals surface area contributed by atoms with E-state index >= 15 is 0 Å². The van der Waals surface area contributed by atoms with E-state index in [-0.39, 0.29) is 0 Å². The largest absolute Gasteiger partial charge is 0.490 e. The highest BCUT2D eigenvalue weighted by molar-refractivity contribution is 5.28. The molecule has 1 N–H and O–H groups in total. The number of hydrogen-bond donors (Lipinski definition) is 1. The van der Waals surface area contributed by atoms with Crippen LogP contribution >= 0.6 is 0 Å². The lowest BCUT2D eigenvalue weighted by Gasteiger charge is -2.23. The Morgan fingerprint density at radius 2 is 1.84 bits per heavy atom. The first kappa shape index (κ1) is 14.4. The second kappa shape index (κ2) is 7.54. The molecule has 0 amide bonds. The van der Waals surface area contributed by atoms with Crippen LogP contribution in [0.1, 0.15) is 51.5 Å². The highest BCUT2D eigenvalue weighted by Crippen LogP contribution is 2.23. The Balaban J connectivity index is 1.83. The molecule has 0 aromatic heterocycles. The first-order valence-corrected chi connectivity index (χ1v) is 7.77. The summed E-state index contributed by atoms with van der Waals surface area (Å²) in [7, 11) is 0. The molecular formula is C17H27NO. The van der Waals surface area contributed by atoms with Crippen LogP contribution in [0, 0.1) is 0 Å². The molecule has 0 aliphatic heterocycles. The zero-order chi connectivity index (χ0) is 13.5. The summed E-state index contributed by atoms with van der Waals surface area (Å²) in [5, 5.41) is 3.44. The summed E-state index contributed by atoms with van der Waals surface area (Å²) in [6.45, 7) is 5.41. The number of benzene rings is 1. The van der Waals surface area contributed by atoms with Crippen LogP contribution in [0.25, 0.3) is 0 Å². The first-order chi connectivity index (χ1) is 9.28. The van der Waals surface area contributed by atoms with Gasteiger partial charge in [-0.1, -0.05) is 25.5 Å². The van der Waals surface area contributed by atoms with Crippen molar-refractivity contribution in [1.29, 1.82) is 0 Å². The molecule has 0 spiro atoms. The Labute approximate surface area is 117 Å². The summed E-state index contributed by atoms with van der Waals surface area (Å²) in [4.78, 5) is 0. The summed E-state index contributed by atoms with van der Waals surface area (Å²) in [5.41, 5.74) is 1.38. The molecule has 1 atom stereocenters. The normalized spacial score (nSPS) is 18.2. The molecule has 1 aromatic carbocycles. The molecule has 0 heterocycles. The van der Waals surface area contributed by atoms with Crippen LogP contribution in [0.15, 0.2) is 24.3 Å². The van der Waals surface area contributed by atoms with Crippen molar-refractivity contribution in [2.24, 2.45) is 0 Å². The molecule has 1 aliphatic rings. The molecule has 1 aromatic rings. The maximum atomic E-state index is 6.05. The molecule has 1 unspecified atom stereocenters. The topological polar surface area (TPSA) is 21.3 Å². The van der Waals surface area contributed by atoms with Crippen molar-refractivity contribution < 1.29 is 4.74 Å². The fourth-order valence-electron chi connectivity index (χ4n) is 2.85. The summed E-state index contributed by atoms with van der Waals surface area (Å²) in [6.07, 6.45) is 7.99. The van der Waals surface area contributed by atoms with Gasteiger partial charge in [0.05, 0.1) is 6.10 Å². The summed E-state index contributed by atoms with van der Waals surface area (Å²) in [6, 6.07) is 9.19. The van der Waals surface area contributed by atoms with Gasteiger partial charge in [0.15, 0.2) is 0 Å². The molecule has 0 saturated heterocycles. The van der Waals surface area contributed by atoms with E-state index in [1.165, 1.54) is 37.7 Å². The maximum absolute atomic E-state index is 6.05. The van der Waals surface area contributed by atoms with Gasteiger partial charge in [-0.3, -0.25) is 0 Å². The molecule has 0 bridgehead atoms. The summed E-state index contributed by atoms with van der Waals surface area (Å²) in [5.74, 6) is 1.03. The molecule has 2 rings (SSSR count). The van der Waals surface area contributed by atoms with Crippen molar-refractivity contribution in [3.05, 3.63) is 29.8 Å². The smallest absolute Gasteiger partial charge is 0.119 e. The van der Waals surface area contributed by atoms with Gasteiger partial charge >= 0.3 is 0 Å². The minimum atomic E-state index is 0.445. The summed E-state index contributed by atoms with van der Waals surface area (Å²) >= 11 is 0. The lowest BCUT2D eigenvalue weighted by molar-refractivity contribution is 0.155. The lowest BCUT2D eigenvalue weighted by Crippen LogP contribution is -2.27. The fraction of sp³-hybridized carbons (Fsp3) is 0.647. The SMILES string of the molecule is CCNC(C)Cc1ccc(OC2CCCCC2)cc1. The quantitative estimate of drug-likeness (QED) is 0.837. The lowest BCUT2D eigenvalue weighted by atomic mass is 9.98. The number of ether oxygens (including phenoxy) is 1. The first-order valence-electron chi connectivity index (χ1n) is 7.77. The average molecular weight is 261 g/mol. The van der Waals surface area contributed by atoms with E-state index in [4.69, 9.17) is 4.74 Å². The zero-order valence-corrected chi connectivity index (χ0v) is 12.3. The van der Waals surface area contributed by atoms with Crippen molar-refractivity contribution in [3.63, 3.8) is 0 Å². The fourth-order valence-corrected chi connectivity index (χ4v) is 2.85. The molecular weight excluding hydrogens is 234 g/mol. The molecule has 1 saturated carbocycles. The Kier molecular flexibility index (Phi) is 5.71. The minimum absolute atomic E-state index is 0.445. The van der Waals surface area contributed by atoms with E-state index in [0.717, 1.165) is 18.7 Å². The van der Waals surface area contributed by atoms with Crippen molar-refractivity contribution in [3.8, 4) is 5.75 Å². The van der Waals surface area contributed by atoms with Gasteiger partial charge in [-0.15, -0.1) is 0 Å². The molecule has 1 aliphatic carbocycles. The van der Waals surface area contributed by atoms with E-state index in [0.29, 0.717) is 12.1 Å². The molecule has 19 heavy (non-hydrogen) atoms. The van der Waals surface area contributed by atoms with Gasteiger partial charge < -0.3 is 10.1 Å². The second-order valence-electron chi connectivity index (χ2n) is 5.68. The number of rotatable bonds is 6. The molecule has 2 heteroatoms. The zero-order valence-electron chi connectivity index (χ0n) is 12.3. The Bertz CT molecular complexity index is 354.